The molecule has 1 amide bonds. The third-order valence-corrected chi connectivity index (χ3v) is 2.21. The Hall–Kier alpha value is -0.420. The first-order valence-corrected chi connectivity index (χ1v) is 4.15. The highest BCUT2D eigenvalue weighted by Gasteiger charge is 2.17. The Balaban J connectivity index is 2.56. The summed E-state index contributed by atoms with van der Waals surface area (Å²) in [5.74, 6) is -0.278. The predicted molar refractivity (Wildman–Crippen MR) is 34.5 cm³/mol. The van der Waals surface area contributed by atoms with Gasteiger partial charge in [-0.1, -0.05) is 0 Å². The van der Waals surface area contributed by atoms with E-state index in [9.17, 15) is 13.6 Å². The molecule has 0 aromatic rings. The SMILES string of the molecule is O=C1CCCCN1S(=O)[O-]. The van der Waals surface area contributed by atoms with E-state index in [0.29, 0.717) is 13.0 Å². The minimum Gasteiger partial charge on any atom is -0.755 e. The first-order valence-electron chi connectivity index (χ1n) is 3.11. The molecule has 5 heteroatoms. The van der Waals surface area contributed by atoms with Crippen LogP contribution in [0.2, 0.25) is 0 Å². The largest absolute Gasteiger partial charge is 0.755 e. The molecular formula is C5H8NO3S-. The zero-order chi connectivity index (χ0) is 7.56. The Bertz CT molecular complexity index is 170. The van der Waals surface area contributed by atoms with Crippen LogP contribution in [0.25, 0.3) is 0 Å². The van der Waals surface area contributed by atoms with Gasteiger partial charge >= 0.3 is 0 Å². The van der Waals surface area contributed by atoms with Crippen molar-refractivity contribution in [2.45, 2.75) is 19.3 Å². The van der Waals surface area contributed by atoms with Gasteiger partial charge in [0.2, 0.25) is 5.91 Å². The van der Waals surface area contributed by atoms with Crippen molar-refractivity contribution >= 4 is 17.2 Å². The summed E-state index contributed by atoms with van der Waals surface area (Å²) in [6.45, 7) is 0.356. The van der Waals surface area contributed by atoms with Gasteiger partial charge in [0.1, 0.15) is 0 Å². The van der Waals surface area contributed by atoms with Crippen LogP contribution in [0, 0.1) is 0 Å². The topological polar surface area (TPSA) is 60.4 Å². The summed E-state index contributed by atoms with van der Waals surface area (Å²) in [7, 11) is 0. The standard InChI is InChI=1S/C5H9NO3S/c7-5-3-1-2-4-6(5)10(8)9/h1-4H2,(H,8,9)/p-1. The molecule has 1 fully saturated rings. The molecule has 1 unspecified atom stereocenters. The number of rotatable bonds is 1. The quantitative estimate of drug-likeness (QED) is 0.501. The van der Waals surface area contributed by atoms with E-state index in [-0.39, 0.29) is 5.91 Å². The number of carbonyl (C=O) groups is 1. The molecule has 0 spiro atoms. The summed E-state index contributed by atoms with van der Waals surface area (Å²) in [5.41, 5.74) is 0. The van der Waals surface area contributed by atoms with Crippen LogP contribution in [-0.2, 0) is 16.1 Å². The molecule has 0 bridgehead atoms. The van der Waals surface area contributed by atoms with E-state index in [1.165, 1.54) is 0 Å². The van der Waals surface area contributed by atoms with Crippen molar-refractivity contribution in [3.05, 3.63) is 0 Å². The van der Waals surface area contributed by atoms with Crippen molar-refractivity contribution in [2.24, 2.45) is 0 Å². The van der Waals surface area contributed by atoms with Crippen LogP contribution in [0.1, 0.15) is 19.3 Å². The van der Waals surface area contributed by atoms with Crippen LogP contribution < -0.4 is 0 Å². The maximum absolute atomic E-state index is 10.8. The molecule has 0 aromatic heterocycles. The number of piperidine rings is 1. The summed E-state index contributed by atoms with van der Waals surface area (Å²) in [6.07, 6.45) is 1.97. The fourth-order valence-electron chi connectivity index (χ4n) is 0.939. The maximum atomic E-state index is 10.8. The molecule has 0 aliphatic carbocycles. The second-order valence-electron chi connectivity index (χ2n) is 2.17. The van der Waals surface area contributed by atoms with Crippen molar-refractivity contribution in [3.63, 3.8) is 0 Å². The van der Waals surface area contributed by atoms with E-state index in [1.807, 2.05) is 0 Å². The fourth-order valence-corrected chi connectivity index (χ4v) is 1.47. The Labute approximate surface area is 61.6 Å². The van der Waals surface area contributed by atoms with E-state index in [1.54, 1.807) is 0 Å². The minimum atomic E-state index is -2.35. The van der Waals surface area contributed by atoms with Crippen molar-refractivity contribution in [3.8, 4) is 0 Å². The van der Waals surface area contributed by atoms with Gasteiger partial charge in [-0.3, -0.25) is 13.3 Å². The molecule has 10 heavy (non-hydrogen) atoms. The fraction of sp³-hybridized carbons (Fsp3) is 0.800. The molecule has 1 heterocycles. The number of carbonyl (C=O) groups excluding carboxylic acids is 1. The molecule has 1 atom stereocenters. The molecule has 0 radical (unpaired) electrons. The van der Waals surface area contributed by atoms with Gasteiger partial charge in [0.25, 0.3) is 0 Å². The van der Waals surface area contributed by atoms with Crippen LogP contribution in [0.5, 0.6) is 0 Å². The molecule has 0 saturated carbocycles. The van der Waals surface area contributed by atoms with Gasteiger partial charge < -0.3 is 4.55 Å². The van der Waals surface area contributed by atoms with Crippen LogP contribution >= 0.6 is 0 Å². The van der Waals surface area contributed by atoms with E-state index in [4.69, 9.17) is 0 Å². The summed E-state index contributed by atoms with van der Waals surface area (Å²) < 4.78 is 21.4. The molecule has 1 aliphatic heterocycles. The third kappa shape index (κ3) is 1.54. The lowest BCUT2D eigenvalue weighted by molar-refractivity contribution is -0.128. The first-order chi connectivity index (χ1) is 4.72. The molecular weight excluding hydrogens is 154 g/mol. The first kappa shape index (κ1) is 7.68. The Morgan fingerprint density at radius 1 is 1.50 bits per heavy atom. The zero-order valence-electron chi connectivity index (χ0n) is 5.41. The van der Waals surface area contributed by atoms with Gasteiger partial charge in [-0.15, -0.1) is 0 Å². The normalized spacial score (nSPS) is 22.9. The molecule has 58 valence electrons. The maximum Gasteiger partial charge on any atom is 0.233 e. The van der Waals surface area contributed by atoms with Gasteiger partial charge in [0.15, 0.2) is 0 Å². The Morgan fingerprint density at radius 3 is 2.60 bits per heavy atom. The summed E-state index contributed by atoms with van der Waals surface area (Å²) >= 11 is -2.35. The number of hydrogen-bond donors (Lipinski definition) is 0. The van der Waals surface area contributed by atoms with Crippen molar-refractivity contribution in [2.75, 3.05) is 6.54 Å². The Morgan fingerprint density at radius 2 is 2.20 bits per heavy atom. The number of nitrogens with zero attached hydrogens (tertiary/aromatic N) is 1. The smallest absolute Gasteiger partial charge is 0.233 e. The van der Waals surface area contributed by atoms with E-state index in [2.05, 4.69) is 0 Å². The van der Waals surface area contributed by atoms with E-state index < -0.39 is 11.3 Å². The van der Waals surface area contributed by atoms with Gasteiger partial charge in [-0.2, -0.15) is 0 Å². The predicted octanol–water partition coefficient (Wildman–Crippen LogP) is -0.207. The summed E-state index contributed by atoms with van der Waals surface area (Å²) in [6, 6.07) is 0. The van der Waals surface area contributed by atoms with E-state index >= 15 is 0 Å². The van der Waals surface area contributed by atoms with Crippen LogP contribution in [0.4, 0.5) is 0 Å². The number of hydrogen-bond acceptors (Lipinski definition) is 3. The lowest BCUT2D eigenvalue weighted by atomic mass is 10.2. The van der Waals surface area contributed by atoms with E-state index in [0.717, 1.165) is 17.1 Å². The average molecular weight is 162 g/mol. The van der Waals surface area contributed by atoms with Crippen molar-refractivity contribution in [1.29, 1.82) is 0 Å². The number of amides is 1. The third-order valence-electron chi connectivity index (χ3n) is 1.46. The van der Waals surface area contributed by atoms with Gasteiger partial charge in [-0.05, 0) is 12.8 Å². The van der Waals surface area contributed by atoms with Crippen LogP contribution in [-0.4, -0.2) is 25.5 Å². The molecule has 1 rings (SSSR count). The summed E-state index contributed by atoms with van der Waals surface area (Å²) in [5, 5.41) is 0. The van der Waals surface area contributed by atoms with Crippen LogP contribution in [0.3, 0.4) is 0 Å². The van der Waals surface area contributed by atoms with Gasteiger partial charge in [0.05, 0.1) is 0 Å². The Kier molecular flexibility index (Phi) is 2.39. The molecule has 0 aromatic carbocycles. The van der Waals surface area contributed by atoms with Crippen LogP contribution in [0.15, 0.2) is 0 Å². The van der Waals surface area contributed by atoms with Gasteiger partial charge in [-0.25, -0.2) is 0 Å². The van der Waals surface area contributed by atoms with Crippen molar-refractivity contribution < 1.29 is 13.6 Å². The zero-order valence-corrected chi connectivity index (χ0v) is 6.23. The second kappa shape index (κ2) is 3.12. The highest BCUT2D eigenvalue weighted by atomic mass is 32.2. The average Bonchev–Trinajstić information content (AvgIpc) is 1.88. The minimum absolute atomic E-state index is 0.278. The second-order valence-corrected chi connectivity index (χ2v) is 3.05. The molecule has 1 aliphatic rings. The monoisotopic (exact) mass is 162 g/mol. The molecule has 0 N–H and O–H groups in total. The lowest BCUT2D eigenvalue weighted by Crippen LogP contribution is -2.36. The highest BCUT2D eigenvalue weighted by Crippen LogP contribution is 2.10. The molecule has 1 saturated heterocycles. The highest BCUT2D eigenvalue weighted by molar-refractivity contribution is 7.77. The molecule has 4 nitrogen and oxygen atoms in total. The van der Waals surface area contributed by atoms with Crippen molar-refractivity contribution in [1.82, 2.24) is 4.31 Å². The summed E-state index contributed by atoms with van der Waals surface area (Å²) in [4.78, 5) is 10.8. The van der Waals surface area contributed by atoms with Gasteiger partial charge in [0, 0.05) is 24.2 Å². The lowest BCUT2D eigenvalue weighted by Gasteiger charge is -2.27.